The molecule has 0 unspecified atom stereocenters. The first-order valence-electron chi connectivity index (χ1n) is 5.37. The highest BCUT2D eigenvalue weighted by Crippen LogP contribution is 2.15. The molecule has 0 saturated heterocycles. The van der Waals surface area contributed by atoms with Gasteiger partial charge in [-0.25, -0.2) is 4.98 Å². The fraction of sp³-hybridized carbons (Fsp3) is 0.417. The van der Waals surface area contributed by atoms with Gasteiger partial charge >= 0.3 is 0 Å². The number of nitrogens with zero attached hydrogens (tertiary/aromatic N) is 2. The summed E-state index contributed by atoms with van der Waals surface area (Å²) in [6, 6.07) is 6.12. The predicted octanol–water partition coefficient (Wildman–Crippen LogP) is 1.99. The van der Waals surface area contributed by atoms with E-state index in [-0.39, 0.29) is 0 Å². The number of hydrogen-bond donors (Lipinski definition) is 1. The summed E-state index contributed by atoms with van der Waals surface area (Å²) in [6.07, 6.45) is 3.05. The van der Waals surface area contributed by atoms with Crippen LogP contribution in [0.3, 0.4) is 0 Å². The van der Waals surface area contributed by atoms with Crippen molar-refractivity contribution < 1.29 is 0 Å². The third kappa shape index (κ3) is 1.88. The summed E-state index contributed by atoms with van der Waals surface area (Å²) in [7, 11) is 0. The second-order valence-electron chi connectivity index (χ2n) is 4.23. The van der Waals surface area contributed by atoms with E-state index in [1.807, 2.05) is 12.1 Å². The quantitative estimate of drug-likeness (QED) is 0.829. The summed E-state index contributed by atoms with van der Waals surface area (Å²) in [5.74, 6) is 1.72. The summed E-state index contributed by atoms with van der Waals surface area (Å²) in [5.41, 5.74) is 7.81. The summed E-state index contributed by atoms with van der Waals surface area (Å²) in [6.45, 7) is 4.91. The van der Waals surface area contributed by atoms with E-state index in [9.17, 15) is 0 Å². The van der Waals surface area contributed by atoms with Crippen LogP contribution in [-0.2, 0) is 13.0 Å². The van der Waals surface area contributed by atoms with E-state index >= 15 is 0 Å². The minimum absolute atomic E-state index is 0.506. The second kappa shape index (κ2) is 4.03. The van der Waals surface area contributed by atoms with Crippen LogP contribution in [0.1, 0.15) is 25.4 Å². The van der Waals surface area contributed by atoms with Crippen molar-refractivity contribution in [2.24, 2.45) is 11.7 Å². The molecule has 0 aliphatic rings. The average Bonchev–Trinajstić information content (AvgIpc) is 2.56. The molecule has 0 aliphatic carbocycles. The number of rotatable bonds is 3. The molecule has 3 heteroatoms. The highest BCUT2D eigenvalue weighted by molar-refractivity contribution is 5.53. The van der Waals surface area contributed by atoms with Gasteiger partial charge in [-0.05, 0) is 18.1 Å². The Morgan fingerprint density at radius 3 is 2.87 bits per heavy atom. The maximum atomic E-state index is 5.68. The SMILES string of the molecule is CC(C)Cc1nc(CN)c2ccccn12. The van der Waals surface area contributed by atoms with Gasteiger partial charge in [0.05, 0.1) is 11.2 Å². The Labute approximate surface area is 89.9 Å². The van der Waals surface area contributed by atoms with E-state index in [1.54, 1.807) is 0 Å². The highest BCUT2D eigenvalue weighted by Gasteiger charge is 2.09. The maximum Gasteiger partial charge on any atom is 0.113 e. The largest absolute Gasteiger partial charge is 0.325 e. The first-order chi connectivity index (χ1) is 7.22. The van der Waals surface area contributed by atoms with Gasteiger partial charge in [0, 0.05) is 19.2 Å². The van der Waals surface area contributed by atoms with Crippen molar-refractivity contribution in [1.29, 1.82) is 0 Å². The molecule has 2 aromatic heterocycles. The molecule has 2 rings (SSSR count). The normalized spacial score (nSPS) is 11.5. The van der Waals surface area contributed by atoms with Crippen molar-refractivity contribution in [3.63, 3.8) is 0 Å². The lowest BCUT2D eigenvalue weighted by Gasteiger charge is -2.03. The molecular formula is C12H17N3. The first kappa shape index (κ1) is 10.2. The predicted molar refractivity (Wildman–Crippen MR) is 61.6 cm³/mol. The Balaban J connectivity index is 2.55. The molecule has 3 nitrogen and oxygen atoms in total. The molecule has 2 aromatic rings. The highest BCUT2D eigenvalue weighted by atomic mass is 15.0. The second-order valence-corrected chi connectivity index (χ2v) is 4.23. The Hall–Kier alpha value is -1.35. The zero-order chi connectivity index (χ0) is 10.8. The van der Waals surface area contributed by atoms with Gasteiger partial charge in [-0.15, -0.1) is 0 Å². The molecule has 0 fully saturated rings. The van der Waals surface area contributed by atoms with Gasteiger partial charge in [0.2, 0.25) is 0 Å². The standard InChI is InChI=1S/C12H17N3/c1-9(2)7-12-14-10(8-13)11-5-3-4-6-15(11)12/h3-6,9H,7-8,13H2,1-2H3. The molecule has 2 N–H and O–H groups in total. The lowest BCUT2D eigenvalue weighted by Crippen LogP contribution is -2.00. The van der Waals surface area contributed by atoms with Crippen LogP contribution in [0, 0.1) is 5.92 Å². The molecule has 0 spiro atoms. The maximum absolute atomic E-state index is 5.68. The molecule has 0 aromatic carbocycles. The Bertz CT molecular complexity index is 457. The van der Waals surface area contributed by atoms with E-state index in [2.05, 4.69) is 35.5 Å². The zero-order valence-electron chi connectivity index (χ0n) is 9.27. The van der Waals surface area contributed by atoms with Crippen LogP contribution in [0.4, 0.5) is 0 Å². The van der Waals surface area contributed by atoms with Gasteiger partial charge in [0.15, 0.2) is 0 Å². The zero-order valence-corrected chi connectivity index (χ0v) is 9.27. The monoisotopic (exact) mass is 203 g/mol. The van der Waals surface area contributed by atoms with Gasteiger partial charge < -0.3 is 10.1 Å². The van der Waals surface area contributed by atoms with Crippen LogP contribution >= 0.6 is 0 Å². The molecular weight excluding hydrogens is 186 g/mol. The summed E-state index contributed by atoms with van der Waals surface area (Å²) in [4.78, 5) is 4.59. The number of nitrogens with two attached hydrogens (primary N) is 1. The Kier molecular flexibility index (Phi) is 2.73. The van der Waals surface area contributed by atoms with Crippen molar-refractivity contribution in [3.8, 4) is 0 Å². The van der Waals surface area contributed by atoms with Crippen molar-refractivity contribution in [3.05, 3.63) is 35.9 Å². The van der Waals surface area contributed by atoms with Crippen LogP contribution in [0.25, 0.3) is 5.52 Å². The molecule has 2 heterocycles. The van der Waals surface area contributed by atoms with Crippen LogP contribution in [0.15, 0.2) is 24.4 Å². The molecule has 0 saturated carbocycles. The van der Waals surface area contributed by atoms with E-state index in [0.29, 0.717) is 12.5 Å². The molecule has 80 valence electrons. The third-order valence-electron chi connectivity index (χ3n) is 2.48. The lowest BCUT2D eigenvalue weighted by atomic mass is 10.1. The topological polar surface area (TPSA) is 43.3 Å². The fourth-order valence-corrected chi connectivity index (χ4v) is 1.83. The van der Waals surface area contributed by atoms with Gasteiger partial charge in [0.25, 0.3) is 0 Å². The number of fused-ring (bicyclic) bond motifs is 1. The minimum atomic E-state index is 0.506. The van der Waals surface area contributed by atoms with Crippen LogP contribution in [0.2, 0.25) is 0 Å². The summed E-state index contributed by atoms with van der Waals surface area (Å²) in [5, 5.41) is 0. The van der Waals surface area contributed by atoms with Crippen molar-refractivity contribution in [2.45, 2.75) is 26.8 Å². The summed E-state index contributed by atoms with van der Waals surface area (Å²) < 4.78 is 2.14. The van der Waals surface area contributed by atoms with E-state index in [4.69, 9.17) is 5.73 Å². The first-order valence-corrected chi connectivity index (χ1v) is 5.37. The third-order valence-corrected chi connectivity index (χ3v) is 2.48. The van der Waals surface area contributed by atoms with Gasteiger partial charge in [-0.3, -0.25) is 0 Å². The van der Waals surface area contributed by atoms with Gasteiger partial charge in [-0.1, -0.05) is 19.9 Å². The van der Waals surface area contributed by atoms with Crippen LogP contribution in [0.5, 0.6) is 0 Å². The van der Waals surface area contributed by atoms with Crippen LogP contribution in [-0.4, -0.2) is 9.38 Å². The van der Waals surface area contributed by atoms with Gasteiger partial charge in [0.1, 0.15) is 5.82 Å². The number of imidazole rings is 1. The summed E-state index contributed by atoms with van der Waals surface area (Å²) >= 11 is 0. The van der Waals surface area contributed by atoms with Crippen molar-refractivity contribution in [2.75, 3.05) is 0 Å². The molecule has 0 atom stereocenters. The van der Waals surface area contributed by atoms with E-state index < -0.39 is 0 Å². The molecule has 0 aliphatic heterocycles. The smallest absolute Gasteiger partial charge is 0.113 e. The number of aromatic nitrogens is 2. The van der Waals surface area contributed by atoms with Crippen molar-refractivity contribution in [1.82, 2.24) is 9.38 Å². The molecule has 0 bridgehead atoms. The molecule has 0 radical (unpaired) electrons. The fourth-order valence-electron chi connectivity index (χ4n) is 1.83. The molecule has 15 heavy (non-hydrogen) atoms. The average molecular weight is 203 g/mol. The number of hydrogen-bond acceptors (Lipinski definition) is 2. The van der Waals surface area contributed by atoms with E-state index in [0.717, 1.165) is 23.5 Å². The van der Waals surface area contributed by atoms with E-state index in [1.165, 1.54) is 0 Å². The lowest BCUT2D eigenvalue weighted by molar-refractivity contribution is 0.618. The van der Waals surface area contributed by atoms with Crippen molar-refractivity contribution >= 4 is 5.52 Å². The Morgan fingerprint density at radius 1 is 1.40 bits per heavy atom. The number of pyridine rings is 1. The van der Waals surface area contributed by atoms with Crippen LogP contribution < -0.4 is 5.73 Å². The Morgan fingerprint density at radius 2 is 2.20 bits per heavy atom. The molecule has 0 amide bonds. The van der Waals surface area contributed by atoms with Gasteiger partial charge in [-0.2, -0.15) is 0 Å². The minimum Gasteiger partial charge on any atom is -0.325 e.